The van der Waals surface area contributed by atoms with E-state index in [2.05, 4.69) is 29.2 Å². The summed E-state index contributed by atoms with van der Waals surface area (Å²) in [6.45, 7) is 2.51. The van der Waals surface area contributed by atoms with Crippen molar-refractivity contribution in [1.82, 2.24) is 4.90 Å². The summed E-state index contributed by atoms with van der Waals surface area (Å²) in [5.74, 6) is 3.10. The summed E-state index contributed by atoms with van der Waals surface area (Å²) in [5.41, 5.74) is 2.61. The van der Waals surface area contributed by atoms with E-state index in [4.69, 9.17) is 4.42 Å². The molecule has 0 N–H and O–H groups in total. The average molecular weight is 281 g/mol. The number of hydrogen-bond donors (Lipinski definition) is 0. The Balaban J connectivity index is 1.65. The zero-order valence-corrected chi connectivity index (χ0v) is 12.6. The Labute approximate surface area is 126 Å². The maximum atomic E-state index is 6.37. The van der Waals surface area contributed by atoms with Crippen molar-refractivity contribution in [2.45, 2.75) is 44.6 Å². The number of rotatable bonds is 0. The Kier molecular flexibility index (Phi) is 2.69. The number of fused-ring (bicyclic) bond motifs is 7. The van der Waals surface area contributed by atoms with Crippen molar-refractivity contribution in [3.8, 4) is 0 Å². The van der Waals surface area contributed by atoms with Crippen LogP contribution >= 0.6 is 0 Å². The fraction of sp³-hybridized carbons (Fsp3) is 0.579. The second-order valence-electron chi connectivity index (χ2n) is 7.17. The van der Waals surface area contributed by atoms with Crippen molar-refractivity contribution in [2.75, 3.05) is 13.1 Å². The fourth-order valence-electron chi connectivity index (χ4n) is 5.23. The Morgan fingerprint density at radius 2 is 1.90 bits per heavy atom. The largest absolute Gasteiger partial charge is 0.459 e. The van der Waals surface area contributed by atoms with Gasteiger partial charge < -0.3 is 4.42 Å². The fourth-order valence-corrected chi connectivity index (χ4v) is 5.23. The van der Waals surface area contributed by atoms with Crippen molar-refractivity contribution in [2.24, 2.45) is 11.8 Å². The van der Waals surface area contributed by atoms with E-state index in [-0.39, 0.29) is 0 Å². The first-order chi connectivity index (χ1) is 10.4. The number of piperidine rings is 1. The van der Waals surface area contributed by atoms with Crippen LogP contribution < -0.4 is 0 Å². The molecule has 0 amide bonds. The Bertz CT molecular complexity index is 673. The third-order valence-electron chi connectivity index (χ3n) is 6.20. The van der Waals surface area contributed by atoms with E-state index in [9.17, 15) is 0 Å². The molecule has 1 saturated heterocycles. The van der Waals surface area contributed by atoms with Crippen LogP contribution in [0.4, 0.5) is 0 Å². The normalized spacial score (nSPS) is 32.5. The van der Waals surface area contributed by atoms with Crippen molar-refractivity contribution < 1.29 is 4.42 Å². The standard InChI is InChI=1S/C19H23NO/c1-2-6-14-13(5-1)9-11-20-12-10-16-15-7-3-4-8-17(15)21-19(16)18(14)20/h3-4,7-8,13-14,18H,1-2,5-6,9-12H2/t13-,14-,18+/m0/s1. The van der Waals surface area contributed by atoms with Crippen LogP contribution in [0, 0.1) is 11.8 Å². The van der Waals surface area contributed by atoms with Gasteiger partial charge in [0.1, 0.15) is 11.3 Å². The van der Waals surface area contributed by atoms with E-state index in [0.717, 1.165) is 17.4 Å². The maximum absolute atomic E-state index is 6.37. The first kappa shape index (κ1) is 12.3. The second kappa shape index (κ2) is 4.61. The van der Waals surface area contributed by atoms with Gasteiger partial charge in [-0.2, -0.15) is 0 Å². The lowest BCUT2D eigenvalue weighted by Gasteiger charge is -2.49. The van der Waals surface area contributed by atoms with Gasteiger partial charge in [0.05, 0.1) is 6.04 Å². The van der Waals surface area contributed by atoms with E-state index >= 15 is 0 Å². The molecule has 1 saturated carbocycles. The first-order valence-electron chi connectivity index (χ1n) is 8.66. The van der Waals surface area contributed by atoms with E-state index in [1.165, 1.54) is 68.3 Å². The average Bonchev–Trinajstić information content (AvgIpc) is 2.93. The van der Waals surface area contributed by atoms with Crippen LogP contribution in [0.15, 0.2) is 28.7 Å². The van der Waals surface area contributed by atoms with Gasteiger partial charge in [-0.3, -0.25) is 4.90 Å². The zero-order valence-electron chi connectivity index (χ0n) is 12.6. The number of para-hydroxylation sites is 1. The van der Waals surface area contributed by atoms with E-state index < -0.39 is 0 Å². The number of nitrogens with zero attached hydrogens (tertiary/aromatic N) is 1. The lowest BCUT2D eigenvalue weighted by atomic mass is 9.69. The highest BCUT2D eigenvalue weighted by molar-refractivity contribution is 5.82. The van der Waals surface area contributed by atoms with Gasteiger partial charge in [-0.1, -0.05) is 37.5 Å². The Morgan fingerprint density at radius 1 is 1.00 bits per heavy atom. The minimum atomic E-state index is 0.570. The molecule has 0 radical (unpaired) electrons. The van der Waals surface area contributed by atoms with Gasteiger partial charge in [0.25, 0.3) is 0 Å². The molecule has 3 heterocycles. The van der Waals surface area contributed by atoms with Crippen LogP contribution in [-0.4, -0.2) is 18.0 Å². The highest BCUT2D eigenvalue weighted by Crippen LogP contribution is 2.50. The van der Waals surface area contributed by atoms with Gasteiger partial charge in [-0.15, -0.1) is 0 Å². The van der Waals surface area contributed by atoms with E-state index in [1.807, 2.05) is 0 Å². The molecule has 5 rings (SSSR count). The molecular formula is C19H23NO. The summed E-state index contributed by atoms with van der Waals surface area (Å²) in [6.07, 6.45) is 8.30. The quantitative estimate of drug-likeness (QED) is 0.704. The van der Waals surface area contributed by atoms with Gasteiger partial charge in [0.2, 0.25) is 0 Å². The summed E-state index contributed by atoms with van der Waals surface area (Å²) in [4.78, 5) is 2.72. The van der Waals surface area contributed by atoms with Crippen molar-refractivity contribution >= 4 is 11.0 Å². The molecule has 1 aromatic heterocycles. The molecule has 3 aliphatic rings. The van der Waals surface area contributed by atoms with Gasteiger partial charge in [-0.05, 0) is 43.7 Å². The minimum absolute atomic E-state index is 0.570. The van der Waals surface area contributed by atoms with E-state index in [0.29, 0.717) is 6.04 Å². The Hall–Kier alpha value is -1.28. The van der Waals surface area contributed by atoms with Gasteiger partial charge in [-0.25, -0.2) is 0 Å². The summed E-state index contributed by atoms with van der Waals surface area (Å²) < 4.78 is 6.37. The molecule has 2 aromatic rings. The smallest absolute Gasteiger partial charge is 0.134 e. The van der Waals surface area contributed by atoms with Crippen LogP contribution in [0.25, 0.3) is 11.0 Å². The van der Waals surface area contributed by atoms with Crippen molar-refractivity contribution in [3.63, 3.8) is 0 Å². The van der Waals surface area contributed by atoms with Crippen molar-refractivity contribution in [3.05, 3.63) is 35.6 Å². The van der Waals surface area contributed by atoms with Crippen molar-refractivity contribution in [1.29, 1.82) is 0 Å². The van der Waals surface area contributed by atoms with E-state index in [1.54, 1.807) is 0 Å². The SMILES string of the molecule is c1ccc2c3c(oc2c1)[C@H]1[C@H]2CCCC[C@H]2CCN1CC3. The molecule has 2 aliphatic heterocycles. The highest BCUT2D eigenvalue weighted by atomic mass is 16.3. The van der Waals surface area contributed by atoms with Crippen LogP contribution in [0.1, 0.15) is 49.5 Å². The van der Waals surface area contributed by atoms with Gasteiger partial charge in [0.15, 0.2) is 0 Å². The molecule has 2 nitrogen and oxygen atoms in total. The van der Waals surface area contributed by atoms with Crippen LogP contribution in [0.2, 0.25) is 0 Å². The van der Waals surface area contributed by atoms with Gasteiger partial charge in [0, 0.05) is 17.5 Å². The summed E-state index contributed by atoms with van der Waals surface area (Å²) in [7, 11) is 0. The minimum Gasteiger partial charge on any atom is -0.459 e. The van der Waals surface area contributed by atoms with Gasteiger partial charge >= 0.3 is 0 Å². The molecule has 3 atom stereocenters. The number of hydrogen-bond acceptors (Lipinski definition) is 2. The molecule has 2 heteroatoms. The molecule has 0 bridgehead atoms. The molecule has 0 spiro atoms. The summed E-state index contributed by atoms with van der Waals surface area (Å²) in [6, 6.07) is 9.20. The molecule has 0 unspecified atom stereocenters. The second-order valence-corrected chi connectivity index (χ2v) is 7.17. The predicted octanol–water partition coefficient (Wildman–Crippen LogP) is 4.54. The van der Waals surface area contributed by atoms with Crippen LogP contribution in [0.5, 0.6) is 0 Å². The number of furan rings is 1. The lowest BCUT2D eigenvalue weighted by Crippen LogP contribution is -2.47. The molecular weight excluding hydrogens is 258 g/mol. The monoisotopic (exact) mass is 281 g/mol. The molecule has 1 aliphatic carbocycles. The summed E-state index contributed by atoms with van der Waals surface area (Å²) in [5, 5.41) is 1.37. The lowest BCUT2D eigenvalue weighted by molar-refractivity contribution is 0.00533. The summed E-state index contributed by atoms with van der Waals surface area (Å²) >= 11 is 0. The molecule has 110 valence electrons. The van der Waals surface area contributed by atoms with Crippen LogP contribution in [-0.2, 0) is 6.42 Å². The Morgan fingerprint density at radius 3 is 2.90 bits per heavy atom. The molecule has 1 aromatic carbocycles. The van der Waals surface area contributed by atoms with Crippen LogP contribution in [0.3, 0.4) is 0 Å². The third kappa shape index (κ3) is 1.75. The number of benzene rings is 1. The predicted molar refractivity (Wildman–Crippen MR) is 84.3 cm³/mol. The third-order valence-corrected chi connectivity index (χ3v) is 6.20. The first-order valence-corrected chi connectivity index (χ1v) is 8.66. The zero-order chi connectivity index (χ0) is 13.8. The molecule has 21 heavy (non-hydrogen) atoms. The maximum Gasteiger partial charge on any atom is 0.134 e. The topological polar surface area (TPSA) is 16.4 Å². The molecule has 2 fully saturated rings. The highest BCUT2D eigenvalue weighted by Gasteiger charge is 2.44.